The number of carbonyl (C=O) groups excluding carboxylic acids is 1. The van der Waals surface area contributed by atoms with Crippen molar-refractivity contribution < 1.29 is 9.53 Å². The average Bonchev–Trinajstić information content (AvgIpc) is 2.97. The van der Waals surface area contributed by atoms with Crippen molar-refractivity contribution in [1.82, 2.24) is 0 Å². The van der Waals surface area contributed by atoms with Gasteiger partial charge < -0.3 is 10.1 Å². The Bertz CT molecular complexity index is 603. The summed E-state index contributed by atoms with van der Waals surface area (Å²) in [6, 6.07) is 12.9. The molecule has 2 aromatic rings. The number of ether oxygens (including phenoxy) is 1. The van der Waals surface area contributed by atoms with Crippen molar-refractivity contribution in [3.05, 3.63) is 52.2 Å². The molecule has 102 valence electrons. The lowest BCUT2D eigenvalue weighted by Gasteiger charge is -2.07. The molecular weight excluding hydrogens is 272 g/mol. The lowest BCUT2D eigenvalue weighted by Crippen LogP contribution is -2.19. The maximum atomic E-state index is 11.7. The highest BCUT2D eigenvalue weighted by molar-refractivity contribution is 7.09. The van der Waals surface area contributed by atoms with Crippen molar-refractivity contribution in [3.63, 3.8) is 0 Å². The lowest BCUT2D eigenvalue weighted by molar-refractivity contribution is -0.120. The number of anilines is 1. The molecule has 0 unspecified atom stereocenters. The maximum absolute atomic E-state index is 11.7. The Kier molecular flexibility index (Phi) is 5.30. The van der Waals surface area contributed by atoms with E-state index < -0.39 is 0 Å². The number of para-hydroxylation sites is 1. The molecule has 2 rings (SSSR count). The highest BCUT2D eigenvalue weighted by atomic mass is 32.1. The highest BCUT2D eigenvalue weighted by Gasteiger charge is 2.06. The first-order valence-electron chi connectivity index (χ1n) is 6.18. The van der Waals surface area contributed by atoms with E-state index in [4.69, 9.17) is 10.00 Å². The minimum atomic E-state index is -0.251. The minimum absolute atomic E-state index is 0.00879. The van der Waals surface area contributed by atoms with Crippen molar-refractivity contribution >= 4 is 22.9 Å². The summed E-state index contributed by atoms with van der Waals surface area (Å²) in [5, 5.41) is 13.6. The first kappa shape index (κ1) is 14.3. The maximum Gasteiger partial charge on any atom is 0.250 e. The van der Waals surface area contributed by atoms with E-state index in [0.717, 1.165) is 6.42 Å². The fourth-order valence-corrected chi connectivity index (χ4v) is 2.36. The Morgan fingerprint density at radius 3 is 2.90 bits per heavy atom. The minimum Gasteiger partial charge on any atom is -0.371 e. The molecule has 1 amide bonds. The van der Waals surface area contributed by atoms with Crippen LogP contribution >= 0.6 is 11.3 Å². The summed E-state index contributed by atoms with van der Waals surface area (Å²) in [6.07, 6.45) is 0.805. The van der Waals surface area contributed by atoms with Gasteiger partial charge >= 0.3 is 0 Å². The smallest absolute Gasteiger partial charge is 0.250 e. The molecule has 0 aliphatic carbocycles. The first-order chi connectivity index (χ1) is 9.79. The van der Waals surface area contributed by atoms with Crippen molar-refractivity contribution in [3.8, 4) is 6.07 Å². The Morgan fingerprint density at radius 2 is 2.15 bits per heavy atom. The zero-order valence-electron chi connectivity index (χ0n) is 10.8. The Labute approximate surface area is 121 Å². The number of hydrogen-bond acceptors (Lipinski definition) is 4. The van der Waals surface area contributed by atoms with Gasteiger partial charge in [0.15, 0.2) is 0 Å². The fraction of sp³-hybridized carbons (Fsp3) is 0.200. The van der Waals surface area contributed by atoms with Crippen LogP contribution in [0.1, 0.15) is 10.4 Å². The van der Waals surface area contributed by atoms with Crippen molar-refractivity contribution in [2.24, 2.45) is 0 Å². The normalized spacial score (nSPS) is 9.95. The number of carbonyl (C=O) groups is 1. The largest absolute Gasteiger partial charge is 0.371 e. The Morgan fingerprint density at radius 1 is 1.30 bits per heavy atom. The van der Waals surface area contributed by atoms with Crippen molar-refractivity contribution in [2.45, 2.75) is 6.42 Å². The number of nitrogens with zero attached hydrogens (tertiary/aromatic N) is 1. The average molecular weight is 286 g/mol. The topological polar surface area (TPSA) is 62.1 Å². The van der Waals surface area contributed by atoms with Gasteiger partial charge in [0.25, 0.3) is 0 Å². The molecule has 0 saturated carbocycles. The second-order valence-corrected chi connectivity index (χ2v) is 5.12. The number of rotatable bonds is 6. The zero-order valence-corrected chi connectivity index (χ0v) is 11.7. The van der Waals surface area contributed by atoms with Gasteiger partial charge in [-0.3, -0.25) is 4.79 Å². The second kappa shape index (κ2) is 7.43. The molecule has 1 N–H and O–H groups in total. The van der Waals surface area contributed by atoms with Gasteiger partial charge in [-0.1, -0.05) is 18.2 Å². The number of benzene rings is 1. The van der Waals surface area contributed by atoms with Gasteiger partial charge in [0.05, 0.1) is 17.9 Å². The zero-order chi connectivity index (χ0) is 14.2. The molecule has 0 saturated heterocycles. The molecule has 5 heteroatoms. The van der Waals surface area contributed by atoms with Gasteiger partial charge in [0.1, 0.15) is 12.7 Å². The van der Waals surface area contributed by atoms with E-state index in [1.54, 1.807) is 35.6 Å². The fourth-order valence-electron chi connectivity index (χ4n) is 1.67. The molecule has 0 aliphatic heterocycles. The molecule has 4 nitrogen and oxygen atoms in total. The van der Waals surface area contributed by atoms with E-state index in [0.29, 0.717) is 17.9 Å². The molecule has 0 spiro atoms. The third-order valence-corrected chi connectivity index (χ3v) is 3.56. The Hall–Kier alpha value is -2.16. The molecule has 1 heterocycles. The van der Waals surface area contributed by atoms with Gasteiger partial charge in [-0.25, -0.2) is 0 Å². The van der Waals surface area contributed by atoms with Gasteiger partial charge in [0.2, 0.25) is 5.91 Å². The molecule has 1 aromatic heterocycles. The van der Waals surface area contributed by atoms with Crippen LogP contribution in [0.25, 0.3) is 0 Å². The summed E-state index contributed by atoms with van der Waals surface area (Å²) in [7, 11) is 0. The van der Waals surface area contributed by atoms with Crippen LogP contribution in [0.5, 0.6) is 0 Å². The van der Waals surface area contributed by atoms with Gasteiger partial charge in [-0.15, -0.1) is 11.3 Å². The number of nitrogens with one attached hydrogen (secondary N) is 1. The summed E-state index contributed by atoms with van der Waals surface area (Å²) < 4.78 is 5.33. The number of thiophene rings is 1. The van der Waals surface area contributed by atoms with Gasteiger partial charge in [-0.2, -0.15) is 5.26 Å². The molecule has 0 atom stereocenters. The molecule has 0 aliphatic rings. The third kappa shape index (κ3) is 4.19. The molecule has 0 fully saturated rings. The van der Waals surface area contributed by atoms with E-state index in [9.17, 15) is 4.79 Å². The summed E-state index contributed by atoms with van der Waals surface area (Å²) in [5.74, 6) is -0.251. The van der Waals surface area contributed by atoms with Crippen LogP contribution in [0.3, 0.4) is 0 Å². The van der Waals surface area contributed by atoms with E-state index in [1.807, 2.05) is 23.6 Å². The van der Waals surface area contributed by atoms with Crippen LogP contribution in [0.15, 0.2) is 41.8 Å². The third-order valence-electron chi connectivity index (χ3n) is 2.63. The Balaban J connectivity index is 1.74. The monoisotopic (exact) mass is 286 g/mol. The first-order valence-corrected chi connectivity index (χ1v) is 7.06. The molecular formula is C15H14N2O2S. The van der Waals surface area contributed by atoms with E-state index in [2.05, 4.69) is 5.32 Å². The standard InChI is InChI=1S/C15H14N2O2S/c16-10-12-4-1-2-6-14(12)17-15(18)11-19-8-7-13-5-3-9-20-13/h1-6,9H,7-8,11H2,(H,17,18). The van der Waals surface area contributed by atoms with Crippen LogP contribution in [0.2, 0.25) is 0 Å². The van der Waals surface area contributed by atoms with Gasteiger partial charge in [0, 0.05) is 11.3 Å². The summed E-state index contributed by atoms with van der Waals surface area (Å²) in [6.45, 7) is 0.499. The molecule has 1 aromatic carbocycles. The van der Waals surface area contributed by atoms with Crippen LogP contribution in [-0.2, 0) is 16.0 Å². The van der Waals surface area contributed by atoms with Crippen molar-refractivity contribution in [1.29, 1.82) is 5.26 Å². The quantitative estimate of drug-likeness (QED) is 0.831. The van der Waals surface area contributed by atoms with E-state index in [-0.39, 0.29) is 12.5 Å². The van der Waals surface area contributed by atoms with E-state index in [1.165, 1.54) is 4.88 Å². The van der Waals surface area contributed by atoms with Crippen LogP contribution < -0.4 is 5.32 Å². The predicted octanol–water partition coefficient (Wildman–Crippen LogP) is 2.82. The highest BCUT2D eigenvalue weighted by Crippen LogP contribution is 2.13. The SMILES string of the molecule is N#Cc1ccccc1NC(=O)COCCc1cccs1. The number of hydrogen-bond donors (Lipinski definition) is 1. The molecule has 20 heavy (non-hydrogen) atoms. The van der Waals surface area contributed by atoms with Crippen LogP contribution in [-0.4, -0.2) is 19.1 Å². The van der Waals surface area contributed by atoms with Crippen molar-refractivity contribution in [2.75, 3.05) is 18.5 Å². The predicted molar refractivity (Wildman–Crippen MR) is 78.6 cm³/mol. The van der Waals surface area contributed by atoms with E-state index >= 15 is 0 Å². The van der Waals surface area contributed by atoms with Gasteiger partial charge in [-0.05, 0) is 23.6 Å². The van der Waals surface area contributed by atoms with Crippen LogP contribution in [0, 0.1) is 11.3 Å². The summed E-state index contributed by atoms with van der Waals surface area (Å²) in [4.78, 5) is 12.9. The second-order valence-electron chi connectivity index (χ2n) is 4.09. The molecule has 0 bridgehead atoms. The summed E-state index contributed by atoms with van der Waals surface area (Å²) >= 11 is 1.67. The number of amides is 1. The number of nitriles is 1. The summed E-state index contributed by atoms with van der Waals surface area (Å²) in [5.41, 5.74) is 0.960. The molecule has 0 radical (unpaired) electrons. The lowest BCUT2D eigenvalue weighted by atomic mass is 10.2. The van der Waals surface area contributed by atoms with Crippen LogP contribution in [0.4, 0.5) is 5.69 Å².